The van der Waals surface area contributed by atoms with Crippen molar-refractivity contribution >= 4 is 5.91 Å². The van der Waals surface area contributed by atoms with Crippen LogP contribution >= 0.6 is 0 Å². The zero-order valence-electron chi connectivity index (χ0n) is 13.6. The average Bonchev–Trinajstić information content (AvgIpc) is 2.59. The fraction of sp³-hybridized carbons (Fsp3) is 0.611. The van der Waals surface area contributed by atoms with E-state index in [-0.39, 0.29) is 17.3 Å². The normalized spacial score (nSPS) is 23.0. The van der Waals surface area contributed by atoms with E-state index in [4.69, 9.17) is 9.47 Å². The zero-order valence-corrected chi connectivity index (χ0v) is 13.6. The van der Waals surface area contributed by atoms with Crippen LogP contribution in [0.3, 0.4) is 0 Å². The van der Waals surface area contributed by atoms with Crippen molar-refractivity contribution in [2.24, 2.45) is 0 Å². The SMILES string of the molecule is CCOCCN1C(=O)C(Oc2ccc(F)cc2)C12CCCCC2. The molecule has 0 N–H and O–H groups in total. The number of nitrogens with zero attached hydrogens (tertiary/aromatic N) is 1. The van der Waals surface area contributed by atoms with Gasteiger partial charge in [-0.05, 0) is 44.0 Å². The Balaban J connectivity index is 1.73. The molecule has 1 saturated heterocycles. The Morgan fingerprint density at radius 1 is 1.22 bits per heavy atom. The van der Waals surface area contributed by atoms with E-state index in [9.17, 15) is 9.18 Å². The lowest BCUT2D eigenvalue weighted by atomic mass is 9.70. The van der Waals surface area contributed by atoms with Gasteiger partial charge < -0.3 is 14.4 Å². The molecule has 4 nitrogen and oxygen atoms in total. The number of rotatable bonds is 6. The van der Waals surface area contributed by atoms with Crippen molar-refractivity contribution in [3.63, 3.8) is 0 Å². The molecule has 1 atom stereocenters. The van der Waals surface area contributed by atoms with Crippen molar-refractivity contribution in [3.8, 4) is 5.75 Å². The monoisotopic (exact) mass is 321 g/mol. The van der Waals surface area contributed by atoms with Gasteiger partial charge in [-0.1, -0.05) is 19.3 Å². The Morgan fingerprint density at radius 3 is 2.57 bits per heavy atom. The molecule has 1 amide bonds. The molecule has 2 fully saturated rings. The maximum atomic E-state index is 13.0. The van der Waals surface area contributed by atoms with Gasteiger partial charge in [0, 0.05) is 13.2 Å². The van der Waals surface area contributed by atoms with Gasteiger partial charge in [0.1, 0.15) is 11.6 Å². The highest BCUT2D eigenvalue weighted by Crippen LogP contribution is 2.45. The molecule has 1 aromatic rings. The number of benzene rings is 1. The first-order chi connectivity index (χ1) is 11.2. The van der Waals surface area contributed by atoms with Crippen LogP contribution in [0.25, 0.3) is 0 Å². The number of ether oxygens (including phenoxy) is 2. The lowest BCUT2D eigenvalue weighted by Crippen LogP contribution is -2.77. The van der Waals surface area contributed by atoms with Crippen LogP contribution in [0, 0.1) is 5.82 Å². The highest BCUT2D eigenvalue weighted by Gasteiger charge is 2.61. The first-order valence-corrected chi connectivity index (χ1v) is 8.49. The number of likely N-dealkylation sites (tertiary alicyclic amines) is 1. The van der Waals surface area contributed by atoms with Gasteiger partial charge in [-0.3, -0.25) is 4.79 Å². The second-order valence-electron chi connectivity index (χ2n) is 6.30. The highest BCUT2D eigenvalue weighted by atomic mass is 19.1. The third kappa shape index (κ3) is 3.07. The van der Waals surface area contributed by atoms with Gasteiger partial charge in [-0.15, -0.1) is 0 Å². The van der Waals surface area contributed by atoms with E-state index in [0.29, 0.717) is 25.5 Å². The summed E-state index contributed by atoms with van der Waals surface area (Å²) >= 11 is 0. The van der Waals surface area contributed by atoms with Gasteiger partial charge in [0.05, 0.1) is 12.1 Å². The lowest BCUT2D eigenvalue weighted by Gasteiger charge is -2.58. The van der Waals surface area contributed by atoms with Gasteiger partial charge >= 0.3 is 0 Å². The van der Waals surface area contributed by atoms with E-state index in [1.807, 2.05) is 11.8 Å². The number of β-lactam (4-membered cyclic amide) rings is 1. The summed E-state index contributed by atoms with van der Waals surface area (Å²) < 4.78 is 24.4. The molecule has 3 rings (SSSR count). The van der Waals surface area contributed by atoms with Crippen LogP contribution in [-0.2, 0) is 9.53 Å². The molecule has 1 saturated carbocycles. The quantitative estimate of drug-likeness (QED) is 0.597. The molecule has 1 unspecified atom stereocenters. The third-order valence-corrected chi connectivity index (χ3v) is 4.97. The molecule has 0 radical (unpaired) electrons. The van der Waals surface area contributed by atoms with Gasteiger partial charge in [-0.25, -0.2) is 4.39 Å². The first kappa shape index (κ1) is 16.2. The van der Waals surface area contributed by atoms with Crippen LogP contribution in [0.4, 0.5) is 4.39 Å². The molecule has 0 bridgehead atoms. The minimum atomic E-state index is -0.449. The molecule has 23 heavy (non-hydrogen) atoms. The third-order valence-electron chi connectivity index (χ3n) is 4.97. The highest BCUT2D eigenvalue weighted by molar-refractivity contribution is 5.90. The van der Waals surface area contributed by atoms with Crippen LogP contribution in [0.2, 0.25) is 0 Å². The number of hydrogen-bond donors (Lipinski definition) is 0. The minimum absolute atomic E-state index is 0.0240. The summed E-state index contributed by atoms with van der Waals surface area (Å²) in [6, 6.07) is 5.89. The van der Waals surface area contributed by atoms with Crippen LogP contribution in [0.15, 0.2) is 24.3 Å². The fourth-order valence-electron chi connectivity index (χ4n) is 3.80. The summed E-state index contributed by atoms with van der Waals surface area (Å²) in [5.41, 5.74) is -0.208. The predicted octanol–water partition coefficient (Wildman–Crippen LogP) is 3.15. The number of amides is 1. The van der Waals surface area contributed by atoms with Crippen molar-refractivity contribution in [2.45, 2.75) is 50.7 Å². The topological polar surface area (TPSA) is 38.8 Å². The Labute approximate surface area is 136 Å². The Hall–Kier alpha value is -1.62. The number of carbonyl (C=O) groups excluding carboxylic acids is 1. The molecule has 1 aliphatic heterocycles. The van der Waals surface area contributed by atoms with E-state index in [1.165, 1.54) is 18.6 Å². The van der Waals surface area contributed by atoms with Crippen LogP contribution < -0.4 is 4.74 Å². The molecule has 1 aromatic carbocycles. The van der Waals surface area contributed by atoms with E-state index >= 15 is 0 Å². The standard InChI is InChI=1S/C18H24FNO3/c1-2-22-13-12-20-17(21)16(18(20)10-4-3-5-11-18)23-15-8-6-14(19)7-9-15/h6-9,16H,2-5,10-13H2,1H3. The Kier molecular flexibility index (Phi) is 4.85. The van der Waals surface area contributed by atoms with Crippen molar-refractivity contribution in [2.75, 3.05) is 19.8 Å². The molecule has 126 valence electrons. The summed E-state index contributed by atoms with van der Waals surface area (Å²) in [5, 5.41) is 0. The molecular weight excluding hydrogens is 297 g/mol. The van der Waals surface area contributed by atoms with E-state index in [1.54, 1.807) is 12.1 Å². The lowest BCUT2D eigenvalue weighted by molar-refractivity contribution is -0.188. The smallest absolute Gasteiger partial charge is 0.266 e. The van der Waals surface area contributed by atoms with Gasteiger partial charge in [-0.2, -0.15) is 0 Å². The number of halogens is 1. The molecule has 0 aromatic heterocycles. The summed E-state index contributed by atoms with van der Waals surface area (Å²) in [7, 11) is 0. The Bertz CT molecular complexity index is 540. The zero-order chi connectivity index (χ0) is 16.3. The molecule has 1 spiro atoms. The first-order valence-electron chi connectivity index (χ1n) is 8.49. The summed E-state index contributed by atoms with van der Waals surface area (Å²) in [5.74, 6) is 0.276. The van der Waals surface area contributed by atoms with Crippen molar-refractivity contribution in [1.82, 2.24) is 4.90 Å². The molecule has 1 heterocycles. The van der Waals surface area contributed by atoms with E-state index in [2.05, 4.69) is 0 Å². The molecule has 5 heteroatoms. The largest absolute Gasteiger partial charge is 0.478 e. The van der Waals surface area contributed by atoms with Crippen molar-refractivity contribution in [1.29, 1.82) is 0 Å². The summed E-state index contributed by atoms with van der Waals surface area (Å²) in [6.45, 7) is 3.79. The minimum Gasteiger partial charge on any atom is -0.478 e. The second-order valence-corrected chi connectivity index (χ2v) is 6.30. The summed E-state index contributed by atoms with van der Waals surface area (Å²) in [6.07, 6.45) is 4.92. The Morgan fingerprint density at radius 2 is 1.91 bits per heavy atom. The molecular formula is C18H24FNO3. The van der Waals surface area contributed by atoms with Gasteiger partial charge in [0.15, 0.2) is 6.10 Å². The van der Waals surface area contributed by atoms with Crippen LogP contribution in [0.5, 0.6) is 5.75 Å². The van der Waals surface area contributed by atoms with E-state index in [0.717, 1.165) is 25.7 Å². The maximum Gasteiger partial charge on any atom is 0.266 e. The van der Waals surface area contributed by atoms with Crippen molar-refractivity contribution in [3.05, 3.63) is 30.1 Å². The van der Waals surface area contributed by atoms with Gasteiger partial charge in [0.2, 0.25) is 0 Å². The molecule has 1 aliphatic carbocycles. The van der Waals surface area contributed by atoms with Crippen LogP contribution in [0.1, 0.15) is 39.0 Å². The molecule has 2 aliphatic rings. The van der Waals surface area contributed by atoms with Crippen molar-refractivity contribution < 1.29 is 18.7 Å². The van der Waals surface area contributed by atoms with Gasteiger partial charge in [0.25, 0.3) is 5.91 Å². The maximum absolute atomic E-state index is 13.0. The second kappa shape index (κ2) is 6.87. The van der Waals surface area contributed by atoms with Crippen LogP contribution in [-0.4, -0.2) is 42.2 Å². The average molecular weight is 321 g/mol. The predicted molar refractivity (Wildman–Crippen MR) is 84.8 cm³/mol. The number of carbonyl (C=O) groups is 1. The fourth-order valence-corrected chi connectivity index (χ4v) is 3.80. The summed E-state index contributed by atoms with van der Waals surface area (Å²) in [4.78, 5) is 14.5. The number of hydrogen-bond acceptors (Lipinski definition) is 3. The van der Waals surface area contributed by atoms with E-state index < -0.39 is 6.10 Å².